The van der Waals surface area contributed by atoms with E-state index in [0.717, 1.165) is 23.7 Å². The van der Waals surface area contributed by atoms with Crippen LogP contribution in [0.4, 0.5) is 5.69 Å². The molecule has 1 heterocycles. The van der Waals surface area contributed by atoms with Gasteiger partial charge in [0.15, 0.2) is 0 Å². The fourth-order valence-electron chi connectivity index (χ4n) is 2.56. The van der Waals surface area contributed by atoms with Crippen molar-refractivity contribution in [2.45, 2.75) is 0 Å². The molecular weight excluding hydrogens is 346 g/mol. The summed E-state index contributed by atoms with van der Waals surface area (Å²) in [6, 6.07) is 5.93. The molecule has 138 valence electrons. The van der Waals surface area contributed by atoms with E-state index in [2.05, 4.69) is 9.64 Å². The summed E-state index contributed by atoms with van der Waals surface area (Å²) in [5.74, 6) is -0.749. The van der Waals surface area contributed by atoms with Crippen LogP contribution in [0.25, 0.3) is 0 Å². The van der Waals surface area contributed by atoms with Crippen molar-refractivity contribution >= 4 is 27.6 Å². The Bertz CT molecular complexity index is 725. The molecule has 0 N–H and O–H groups in total. The number of rotatable bonds is 5. The van der Waals surface area contributed by atoms with Crippen molar-refractivity contribution in [1.29, 1.82) is 0 Å². The molecule has 1 fully saturated rings. The molecule has 0 aliphatic carbocycles. The van der Waals surface area contributed by atoms with E-state index >= 15 is 0 Å². The molecule has 8 nitrogen and oxygen atoms in total. The predicted octanol–water partition coefficient (Wildman–Crippen LogP) is 0.0132. The number of methoxy groups -OCH3 is 1. The Morgan fingerprint density at radius 2 is 1.68 bits per heavy atom. The minimum Gasteiger partial charge on any atom is -0.465 e. The Hall–Kier alpha value is -2.13. The average molecular weight is 369 g/mol. The van der Waals surface area contributed by atoms with Crippen molar-refractivity contribution < 1.29 is 22.7 Å². The minimum absolute atomic E-state index is 0.240. The van der Waals surface area contributed by atoms with E-state index in [1.165, 1.54) is 31.4 Å². The lowest BCUT2D eigenvalue weighted by Gasteiger charge is -2.34. The normalized spacial score (nSPS) is 15.7. The van der Waals surface area contributed by atoms with Gasteiger partial charge in [0, 0.05) is 26.2 Å². The molecule has 0 radical (unpaired) electrons. The number of likely N-dealkylation sites (N-methyl/N-ethyl adjacent to an activating group) is 1. The second-order valence-corrected chi connectivity index (χ2v) is 7.90. The highest BCUT2D eigenvalue weighted by Crippen LogP contribution is 2.19. The molecule has 9 heteroatoms. The number of esters is 1. The Balaban J connectivity index is 2.17. The number of ether oxygens (including phenoxy) is 1. The third-order valence-electron chi connectivity index (χ3n) is 4.11. The lowest BCUT2D eigenvalue weighted by Crippen LogP contribution is -2.50. The van der Waals surface area contributed by atoms with Crippen molar-refractivity contribution in [1.82, 2.24) is 9.80 Å². The van der Waals surface area contributed by atoms with Crippen LogP contribution in [-0.2, 0) is 19.6 Å². The van der Waals surface area contributed by atoms with Crippen molar-refractivity contribution in [3.05, 3.63) is 29.8 Å². The van der Waals surface area contributed by atoms with E-state index in [9.17, 15) is 18.0 Å². The maximum atomic E-state index is 12.5. The number of carbonyl (C=O) groups excluding carboxylic acids is 2. The molecule has 0 saturated carbocycles. The Morgan fingerprint density at radius 3 is 2.16 bits per heavy atom. The van der Waals surface area contributed by atoms with Gasteiger partial charge >= 0.3 is 5.97 Å². The van der Waals surface area contributed by atoms with E-state index in [0.29, 0.717) is 24.3 Å². The summed E-state index contributed by atoms with van der Waals surface area (Å²) in [5, 5.41) is 0. The Morgan fingerprint density at radius 1 is 1.12 bits per heavy atom. The Kier molecular flexibility index (Phi) is 6.02. The molecule has 0 bridgehead atoms. The fraction of sp³-hybridized carbons (Fsp3) is 0.500. The average Bonchev–Trinajstić information content (AvgIpc) is 2.58. The molecule has 0 unspecified atom stereocenters. The van der Waals surface area contributed by atoms with Crippen molar-refractivity contribution in [3.63, 3.8) is 0 Å². The zero-order valence-electron chi connectivity index (χ0n) is 14.6. The highest BCUT2D eigenvalue weighted by molar-refractivity contribution is 7.92. The van der Waals surface area contributed by atoms with E-state index in [1.807, 2.05) is 7.05 Å². The molecule has 1 saturated heterocycles. The summed E-state index contributed by atoms with van der Waals surface area (Å²) in [4.78, 5) is 27.7. The lowest BCUT2D eigenvalue weighted by atomic mass is 10.2. The van der Waals surface area contributed by atoms with Gasteiger partial charge in [-0.3, -0.25) is 9.10 Å². The zero-order valence-corrected chi connectivity index (χ0v) is 15.5. The lowest BCUT2D eigenvalue weighted by molar-refractivity contribution is -0.131. The summed E-state index contributed by atoms with van der Waals surface area (Å²) in [6.45, 7) is 2.42. The van der Waals surface area contributed by atoms with Gasteiger partial charge in [-0.1, -0.05) is 0 Å². The van der Waals surface area contributed by atoms with Crippen LogP contribution in [0.1, 0.15) is 10.4 Å². The van der Waals surface area contributed by atoms with E-state index in [1.54, 1.807) is 4.90 Å². The third-order valence-corrected chi connectivity index (χ3v) is 5.25. The van der Waals surface area contributed by atoms with Crippen LogP contribution in [0.3, 0.4) is 0 Å². The maximum Gasteiger partial charge on any atom is 0.337 e. The SMILES string of the molecule is COC(=O)c1ccc(N(CC(=O)N2CCN(C)CC2)S(C)(=O)=O)cc1. The molecule has 1 aliphatic heterocycles. The van der Waals surface area contributed by atoms with Crippen LogP contribution in [0.15, 0.2) is 24.3 Å². The topological polar surface area (TPSA) is 87.2 Å². The number of hydrogen-bond donors (Lipinski definition) is 0. The molecule has 2 rings (SSSR count). The van der Waals surface area contributed by atoms with Crippen molar-refractivity contribution in [3.8, 4) is 0 Å². The minimum atomic E-state index is -3.64. The number of benzene rings is 1. The fourth-order valence-corrected chi connectivity index (χ4v) is 3.41. The standard InChI is InChI=1S/C16H23N3O5S/c1-17-8-10-18(11-9-17)15(20)12-19(25(3,22)23)14-6-4-13(5-7-14)16(21)24-2/h4-7H,8-12H2,1-3H3. The van der Waals surface area contributed by atoms with E-state index < -0.39 is 16.0 Å². The van der Waals surface area contributed by atoms with Crippen molar-refractivity contribution in [2.75, 3.05) is 57.4 Å². The largest absolute Gasteiger partial charge is 0.465 e. The number of sulfonamides is 1. The highest BCUT2D eigenvalue weighted by Gasteiger charge is 2.26. The first-order chi connectivity index (χ1) is 11.7. The van der Waals surface area contributed by atoms with Gasteiger partial charge in [-0.05, 0) is 31.3 Å². The highest BCUT2D eigenvalue weighted by atomic mass is 32.2. The summed E-state index contributed by atoms with van der Waals surface area (Å²) >= 11 is 0. The summed E-state index contributed by atoms with van der Waals surface area (Å²) in [7, 11) is -0.391. The zero-order chi connectivity index (χ0) is 18.6. The molecule has 0 atom stereocenters. The van der Waals surface area contributed by atoms with Gasteiger partial charge in [0.25, 0.3) is 0 Å². The van der Waals surface area contributed by atoms with E-state index in [4.69, 9.17) is 0 Å². The molecule has 0 aromatic heterocycles. The number of amides is 1. The number of hydrogen-bond acceptors (Lipinski definition) is 6. The molecule has 1 aromatic rings. The van der Waals surface area contributed by atoms with Crippen molar-refractivity contribution in [2.24, 2.45) is 0 Å². The number of nitrogens with zero attached hydrogens (tertiary/aromatic N) is 3. The Labute approximate surface area is 148 Å². The van der Waals surface area contributed by atoms with E-state index in [-0.39, 0.29) is 12.5 Å². The smallest absolute Gasteiger partial charge is 0.337 e. The van der Waals surface area contributed by atoms with Crippen LogP contribution in [0.2, 0.25) is 0 Å². The van der Waals surface area contributed by atoms with Crippen LogP contribution in [0, 0.1) is 0 Å². The monoisotopic (exact) mass is 369 g/mol. The first kappa shape index (κ1) is 19.2. The van der Waals surface area contributed by atoms with Crippen LogP contribution < -0.4 is 4.31 Å². The second kappa shape index (κ2) is 7.83. The van der Waals surface area contributed by atoms with Gasteiger partial charge in [-0.15, -0.1) is 0 Å². The quantitative estimate of drug-likeness (QED) is 0.680. The molecule has 1 amide bonds. The number of carbonyl (C=O) groups is 2. The summed E-state index contributed by atoms with van der Waals surface area (Å²) in [6.07, 6.45) is 1.05. The van der Waals surface area contributed by atoms with Gasteiger partial charge in [-0.25, -0.2) is 13.2 Å². The first-order valence-corrected chi connectivity index (χ1v) is 9.69. The predicted molar refractivity (Wildman–Crippen MR) is 94.0 cm³/mol. The second-order valence-electron chi connectivity index (χ2n) is 5.99. The summed E-state index contributed by atoms with van der Waals surface area (Å²) < 4.78 is 29.9. The van der Waals surface area contributed by atoms with Crippen LogP contribution >= 0.6 is 0 Å². The van der Waals surface area contributed by atoms with Crippen LogP contribution in [0.5, 0.6) is 0 Å². The third kappa shape index (κ3) is 4.93. The maximum absolute atomic E-state index is 12.5. The molecule has 1 aromatic carbocycles. The van der Waals surface area contributed by atoms with Gasteiger partial charge in [0.2, 0.25) is 15.9 Å². The van der Waals surface area contributed by atoms with Gasteiger partial charge in [-0.2, -0.15) is 0 Å². The first-order valence-electron chi connectivity index (χ1n) is 7.85. The van der Waals surface area contributed by atoms with Gasteiger partial charge in [0.05, 0.1) is 24.6 Å². The summed E-state index contributed by atoms with van der Waals surface area (Å²) in [5.41, 5.74) is 0.641. The molecule has 25 heavy (non-hydrogen) atoms. The molecule has 1 aliphatic rings. The number of anilines is 1. The van der Waals surface area contributed by atoms with Crippen LogP contribution in [-0.4, -0.2) is 83.2 Å². The van der Waals surface area contributed by atoms with Gasteiger partial charge in [0.1, 0.15) is 6.54 Å². The van der Waals surface area contributed by atoms with Gasteiger partial charge < -0.3 is 14.5 Å². The molecular formula is C16H23N3O5S. The number of piperazine rings is 1. The molecule has 0 spiro atoms.